The van der Waals surface area contributed by atoms with Crippen LogP contribution in [0.4, 0.5) is 0 Å². The van der Waals surface area contributed by atoms with E-state index in [1.807, 2.05) is 0 Å². The molecule has 1 aromatic rings. The summed E-state index contributed by atoms with van der Waals surface area (Å²) in [5.41, 5.74) is 0. The normalized spacial score (nSPS) is 12.7. The molecule has 0 aromatic carbocycles. The second-order valence-electron chi connectivity index (χ2n) is 2.87. The van der Waals surface area contributed by atoms with Gasteiger partial charge in [0.05, 0.1) is 11.9 Å². The van der Waals surface area contributed by atoms with E-state index in [0.717, 1.165) is 0 Å². The lowest BCUT2D eigenvalue weighted by Gasteiger charge is -2.05. The van der Waals surface area contributed by atoms with Gasteiger partial charge in [0.25, 0.3) is 0 Å². The van der Waals surface area contributed by atoms with E-state index in [9.17, 15) is 8.42 Å². The Labute approximate surface area is 84.9 Å². The fourth-order valence-corrected chi connectivity index (χ4v) is 1.15. The second-order valence-corrected chi connectivity index (χ2v) is 4.32. The Kier molecular flexibility index (Phi) is 4.39. The van der Waals surface area contributed by atoms with Crippen LogP contribution in [0.25, 0.3) is 0 Å². The molecule has 1 radical (unpaired) electrons. The zero-order valence-electron chi connectivity index (χ0n) is 7.84. The van der Waals surface area contributed by atoms with Crippen molar-refractivity contribution >= 4 is 10.7 Å². The molecule has 0 amide bonds. The number of aromatic nitrogens is 1. The predicted molar refractivity (Wildman–Crippen MR) is 53.0 cm³/mol. The molecule has 0 spiro atoms. The van der Waals surface area contributed by atoms with Crippen molar-refractivity contribution in [3.63, 3.8) is 0 Å². The van der Waals surface area contributed by atoms with Gasteiger partial charge in [-0.3, -0.25) is 0 Å². The van der Waals surface area contributed by atoms with E-state index in [0.29, 0.717) is 18.9 Å². The highest BCUT2D eigenvalue weighted by molar-refractivity contribution is 7.73. The van der Waals surface area contributed by atoms with E-state index < -0.39 is 10.7 Å². The molecule has 0 aliphatic heterocycles. The summed E-state index contributed by atoms with van der Waals surface area (Å²) in [5.74, 6) is 0.497. The van der Waals surface area contributed by atoms with Gasteiger partial charge in [-0.05, 0) is 19.4 Å². The Balaban J connectivity index is 2.29. The highest BCUT2D eigenvalue weighted by atomic mass is 32.2. The van der Waals surface area contributed by atoms with E-state index in [-0.39, 0.29) is 5.25 Å². The zero-order chi connectivity index (χ0) is 10.4. The average molecular weight is 214 g/mol. The number of nitrogens with zero attached hydrogens (tertiary/aromatic N) is 1. The number of ether oxygens (including phenoxy) is 1. The van der Waals surface area contributed by atoms with Gasteiger partial charge in [-0.15, -0.1) is 0 Å². The van der Waals surface area contributed by atoms with Crippen LogP contribution in [-0.4, -0.2) is 25.3 Å². The highest BCUT2D eigenvalue weighted by Gasteiger charge is 2.04. The van der Waals surface area contributed by atoms with Crippen molar-refractivity contribution in [2.75, 3.05) is 6.61 Å². The molecule has 1 rings (SSSR count). The summed E-state index contributed by atoms with van der Waals surface area (Å²) in [7, 11) is -2.35. The first kappa shape index (κ1) is 11.0. The molecule has 0 fully saturated rings. The first-order valence-electron chi connectivity index (χ1n) is 4.28. The summed E-state index contributed by atoms with van der Waals surface area (Å²) >= 11 is 0. The number of hydrogen-bond donors (Lipinski definition) is 1. The average Bonchev–Trinajstić information content (AvgIpc) is 2.19. The maximum Gasteiger partial charge on any atom is 0.213 e. The van der Waals surface area contributed by atoms with Crippen molar-refractivity contribution in [1.29, 1.82) is 0 Å². The molecule has 77 valence electrons. The molecule has 1 heterocycles. The molecule has 1 aromatic heterocycles. The number of thiol groups is 1. The molecule has 14 heavy (non-hydrogen) atoms. The van der Waals surface area contributed by atoms with Gasteiger partial charge in [-0.25, -0.2) is 13.4 Å². The summed E-state index contributed by atoms with van der Waals surface area (Å²) in [4.78, 5) is 3.89. The first-order valence-corrected chi connectivity index (χ1v) is 5.53. The third-order valence-corrected chi connectivity index (χ3v) is 2.71. The van der Waals surface area contributed by atoms with E-state index in [1.54, 1.807) is 19.1 Å². The van der Waals surface area contributed by atoms with Crippen molar-refractivity contribution in [1.82, 2.24) is 4.98 Å². The molecular weight excluding hydrogens is 202 g/mol. The van der Waals surface area contributed by atoms with Crippen LogP contribution >= 0.6 is 0 Å². The summed E-state index contributed by atoms with van der Waals surface area (Å²) < 4.78 is 26.2. The van der Waals surface area contributed by atoms with Crippen molar-refractivity contribution in [2.45, 2.75) is 18.6 Å². The summed E-state index contributed by atoms with van der Waals surface area (Å²) in [5, 5.41) is -0.347. The smallest absolute Gasteiger partial charge is 0.213 e. The molecule has 0 saturated carbocycles. The van der Waals surface area contributed by atoms with Crippen LogP contribution in [0.15, 0.2) is 18.3 Å². The molecule has 5 heteroatoms. The van der Waals surface area contributed by atoms with Gasteiger partial charge in [-0.1, -0.05) is 0 Å². The second kappa shape index (κ2) is 5.59. The topological polar surface area (TPSA) is 56.3 Å². The Bertz CT molecular complexity index is 329. The van der Waals surface area contributed by atoms with E-state index in [1.165, 1.54) is 6.20 Å². The van der Waals surface area contributed by atoms with E-state index >= 15 is 0 Å². The number of hydrogen-bond acceptors (Lipinski definition) is 4. The monoisotopic (exact) mass is 214 g/mol. The minimum absolute atomic E-state index is 0.347. The minimum atomic E-state index is -2.35. The van der Waals surface area contributed by atoms with Gasteiger partial charge >= 0.3 is 0 Å². The molecular formula is C9H12NO3S. The molecule has 0 aliphatic rings. The molecule has 1 atom stereocenters. The number of rotatable bonds is 5. The van der Waals surface area contributed by atoms with Crippen LogP contribution in [-0.2, 0) is 10.7 Å². The summed E-state index contributed by atoms with van der Waals surface area (Å²) in [6.07, 6.45) is 1.99. The summed E-state index contributed by atoms with van der Waals surface area (Å²) in [6, 6.07) is 6.14. The van der Waals surface area contributed by atoms with Crippen LogP contribution in [0.3, 0.4) is 0 Å². The van der Waals surface area contributed by atoms with Gasteiger partial charge in [0.2, 0.25) is 5.88 Å². The molecule has 0 bridgehead atoms. The van der Waals surface area contributed by atoms with Gasteiger partial charge in [0, 0.05) is 18.3 Å². The Morgan fingerprint density at radius 3 is 3.00 bits per heavy atom. The molecule has 4 nitrogen and oxygen atoms in total. The Morgan fingerprint density at radius 2 is 2.43 bits per heavy atom. The maximum absolute atomic E-state index is 10.5. The standard InChI is InChI=1S/C9H12NO3S/c1-8(14(11)12)5-7-13-9-4-2-3-6-10-9/h2,4,6,8,14H,5,7H2,1H3. The van der Waals surface area contributed by atoms with Crippen molar-refractivity contribution in [2.24, 2.45) is 0 Å². The highest BCUT2D eigenvalue weighted by Crippen LogP contribution is 2.04. The molecule has 1 unspecified atom stereocenters. The Morgan fingerprint density at radius 1 is 1.64 bits per heavy atom. The zero-order valence-corrected chi connectivity index (χ0v) is 8.74. The van der Waals surface area contributed by atoms with E-state index in [2.05, 4.69) is 11.1 Å². The van der Waals surface area contributed by atoms with Gasteiger partial charge in [-0.2, -0.15) is 0 Å². The van der Waals surface area contributed by atoms with Crippen LogP contribution in [0.1, 0.15) is 13.3 Å². The molecule has 0 saturated heterocycles. The quantitative estimate of drug-likeness (QED) is 0.731. The predicted octanol–water partition coefficient (Wildman–Crippen LogP) is 0.651. The molecule has 0 N–H and O–H groups in total. The Hall–Kier alpha value is -1.10. The van der Waals surface area contributed by atoms with Crippen molar-refractivity contribution < 1.29 is 13.2 Å². The van der Waals surface area contributed by atoms with Gasteiger partial charge < -0.3 is 4.74 Å². The summed E-state index contributed by atoms with van der Waals surface area (Å²) in [6.45, 7) is 2.02. The largest absolute Gasteiger partial charge is 0.478 e. The van der Waals surface area contributed by atoms with Crippen LogP contribution < -0.4 is 4.74 Å². The number of pyridine rings is 1. The fraction of sp³-hybridized carbons (Fsp3) is 0.444. The third kappa shape index (κ3) is 3.74. The first-order chi connectivity index (χ1) is 6.70. The van der Waals surface area contributed by atoms with Crippen molar-refractivity contribution in [3.8, 4) is 5.88 Å². The van der Waals surface area contributed by atoms with Gasteiger partial charge in [0.15, 0.2) is 0 Å². The van der Waals surface area contributed by atoms with Crippen LogP contribution in [0.2, 0.25) is 0 Å². The lowest BCUT2D eigenvalue weighted by atomic mass is 10.3. The third-order valence-electron chi connectivity index (χ3n) is 1.73. The van der Waals surface area contributed by atoms with Crippen LogP contribution in [0, 0.1) is 6.07 Å². The van der Waals surface area contributed by atoms with Crippen LogP contribution in [0.5, 0.6) is 5.88 Å². The van der Waals surface area contributed by atoms with Crippen molar-refractivity contribution in [3.05, 3.63) is 24.4 Å². The lowest BCUT2D eigenvalue weighted by Crippen LogP contribution is -2.10. The maximum atomic E-state index is 10.5. The SMILES string of the molecule is CC(CCOc1cc[c]cn1)[SH](=O)=O. The molecule has 0 aliphatic carbocycles. The lowest BCUT2D eigenvalue weighted by molar-refractivity contribution is 0.298. The minimum Gasteiger partial charge on any atom is -0.478 e. The van der Waals surface area contributed by atoms with Gasteiger partial charge in [0.1, 0.15) is 10.7 Å². The van der Waals surface area contributed by atoms with E-state index in [4.69, 9.17) is 4.74 Å². The fourth-order valence-electron chi connectivity index (χ4n) is 0.831.